The van der Waals surface area contributed by atoms with E-state index in [-0.39, 0.29) is 24.5 Å². The molecule has 0 amide bonds. The van der Waals surface area contributed by atoms with Crippen LogP contribution in [0.3, 0.4) is 0 Å². The van der Waals surface area contributed by atoms with Crippen molar-refractivity contribution in [2.75, 3.05) is 33.5 Å². The molecule has 2 aromatic rings. The maximum Gasteiger partial charge on any atom is 0.331 e. The Kier molecular flexibility index (Phi) is 11.8. The van der Waals surface area contributed by atoms with Crippen LogP contribution in [-0.2, 0) is 42.8 Å². The first-order valence-corrected chi connectivity index (χ1v) is 14.5. The van der Waals surface area contributed by atoms with Gasteiger partial charge in [-0.05, 0) is 17.7 Å². The second-order valence-electron chi connectivity index (χ2n) is 10.1. The molecule has 8 atom stereocenters. The van der Waals surface area contributed by atoms with Gasteiger partial charge in [0.25, 0.3) is 0 Å². The van der Waals surface area contributed by atoms with Gasteiger partial charge < -0.3 is 33.5 Å². The number of hydrogen-bond acceptors (Lipinski definition) is 14. The van der Waals surface area contributed by atoms with Gasteiger partial charge in [0.2, 0.25) is 0 Å². The maximum atomic E-state index is 14.0. The lowest BCUT2D eigenvalue weighted by Gasteiger charge is -2.46. The Balaban J connectivity index is 1.80. The molecule has 0 unspecified atom stereocenters. The molecule has 0 aliphatic carbocycles. The Morgan fingerprint density at radius 2 is 1.89 bits per heavy atom. The van der Waals surface area contributed by atoms with Crippen molar-refractivity contribution < 1.29 is 61.1 Å². The minimum Gasteiger partial charge on any atom is -0.467 e. The summed E-state index contributed by atoms with van der Waals surface area (Å²) in [6, 6.07) is -0.757. The molecule has 2 fully saturated rings. The van der Waals surface area contributed by atoms with Crippen LogP contribution in [0.4, 0.5) is 13.2 Å². The van der Waals surface area contributed by atoms with Crippen LogP contribution in [0.25, 0.3) is 21.7 Å². The van der Waals surface area contributed by atoms with E-state index in [0.717, 1.165) is 37.4 Å². The molecular weight excluding hydrogens is 645 g/mol. The number of aliphatic hydroxyl groups excluding tert-OH is 1. The van der Waals surface area contributed by atoms with Crippen LogP contribution in [0.15, 0.2) is 23.4 Å². The number of esters is 3. The molecule has 20 heteroatoms. The summed E-state index contributed by atoms with van der Waals surface area (Å²) < 4.78 is 76.0. The van der Waals surface area contributed by atoms with Crippen molar-refractivity contribution >= 4 is 29.7 Å². The van der Waals surface area contributed by atoms with Crippen LogP contribution in [0.1, 0.15) is 19.9 Å². The number of rotatable bonds is 11. The molecule has 2 aliphatic rings. The average molecular weight is 675 g/mol. The Morgan fingerprint density at radius 3 is 2.52 bits per heavy atom. The highest BCUT2D eigenvalue weighted by Gasteiger charge is 2.52. The van der Waals surface area contributed by atoms with E-state index in [0.29, 0.717) is 12.1 Å². The molecule has 1 aromatic carbocycles. The van der Waals surface area contributed by atoms with Crippen LogP contribution in [0.2, 0.25) is 0 Å². The van der Waals surface area contributed by atoms with Crippen molar-refractivity contribution in [3.05, 3.63) is 46.2 Å². The SMILES string of the molecule is COC(=O)CO[C@@H]1[C@@H](n2cc(-c3cc(F)c(F)c(F)c3)nn2)[C@@H](OC(C)=O)[C@@H](COC(C)=O)O[C@H]1S[C@@H]1COC[C@H](N=[N+]=[N-])[C@H]1O. The quantitative estimate of drug-likeness (QED) is 0.0903. The van der Waals surface area contributed by atoms with Gasteiger partial charge in [0.05, 0.1) is 43.9 Å². The summed E-state index contributed by atoms with van der Waals surface area (Å²) in [7, 11) is 1.12. The first-order valence-electron chi connectivity index (χ1n) is 13.6. The molecular formula is C26H29F3N6O10S. The highest BCUT2D eigenvalue weighted by molar-refractivity contribution is 8.00. The Morgan fingerprint density at radius 1 is 1.17 bits per heavy atom. The summed E-state index contributed by atoms with van der Waals surface area (Å²) in [6.07, 6.45) is -3.80. The zero-order valence-corrected chi connectivity index (χ0v) is 25.3. The van der Waals surface area contributed by atoms with Gasteiger partial charge in [-0.15, -0.1) is 16.9 Å². The Hall–Kier alpha value is -3.94. The molecule has 0 bridgehead atoms. The molecule has 16 nitrogen and oxygen atoms in total. The molecule has 2 saturated heterocycles. The first kappa shape index (κ1) is 34.9. The fraction of sp³-hybridized carbons (Fsp3) is 0.577. The minimum absolute atomic E-state index is 0.0192. The molecule has 4 rings (SSSR count). The lowest BCUT2D eigenvalue weighted by Crippen LogP contribution is -2.58. The van der Waals surface area contributed by atoms with Gasteiger partial charge in [0.15, 0.2) is 23.6 Å². The van der Waals surface area contributed by atoms with Gasteiger partial charge in [-0.2, -0.15) is 0 Å². The lowest BCUT2D eigenvalue weighted by molar-refractivity contribution is -0.214. The van der Waals surface area contributed by atoms with Gasteiger partial charge in [0.1, 0.15) is 42.6 Å². The maximum absolute atomic E-state index is 14.0. The number of carbonyl (C=O) groups is 3. The van der Waals surface area contributed by atoms with Gasteiger partial charge in [0, 0.05) is 24.3 Å². The molecule has 1 aromatic heterocycles. The van der Waals surface area contributed by atoms with E-state index >= 15 is 0 Å². The number of azide groups is 1. The van der Waals surface area contributed by atoms with Crippen LogP contribution in [0.5, 0.6) is 0 Å². The fourth-order valence-electron chi connectivity index (χ4n) is 4.84. The van der Waals surface area contributed by atoms with E-state index in [1.54, 1.807) is 0 Å². The number of halogens is 3. The number of thioether (sulfide) groups is 1. The molecule has 46 heavy (non-hydrogen) atoms. The third-order valence-electron chi connectivity index (χ3n) is 6.94. The molecule has 0 spiro atoms. The zero-order valence-electron chi connectivity index (χ0n) is 24.5. The number of benzene rings is 1. The number of carbonyl (C=O) groups excluding carboxylic acids is 3. The second-order valence-corrected chi connectivity index (χ2v) is 11.4. The summed E-state index contributed by atoms with van der Waals surface area (Å²) in [4.78, 5) is 38.9. The third kappa shape index (κ3) is 8.25. The second kappa shape index (κ2) is 15.6. The summed E-state index contributed by atoms with van der Waals surface area (Å²) in [6.45, 7) is 1.11. The largest absolute Gasteiger partial charge is 0.467 e. The molecule has 0 saturated carbocycles. The van der Waals surface area contributed by atoms with E-state index in [1.165, 1.54) is 6.20 Å². The van der Waals surface area contributed by atoms with Gasteiger partial charge in [-0.25, -0.2) is 22.6 Å². The van der Waals surface area contributed by atoms with Crippen LogP contribution >= 0.6 is 11.8 Å². The van der Waals surface area contributed by atoms with E-state index in [4.69, 9.17) is 34.0 Å². The van der Waals surface area contributed by atoms with E-state index in [1.807, 2.05) is 0 Å². The Labute approximate surface area is 263 Å². The summed E-state index contributed by atoms with van der Waals surface area (Å²) in [5.74, 6) is -6.91. The van der Waals surface area contributed by atoms with Crippen LogP contribution in [-0.4, -0.2) is 113 Å². The van der Waals surface area contributed by atoms with Crippen molar-refractivity contribution in [3.8, 4) is 11.3 Å². The highest BCUT2D eigenvalue weighted by Crippen LogP contribution is 2.42. The van der Waals surface area contributed by atoms with Crippen molar-refractivity contribution in [1.82, 2.24) is 15.0 Å². The number of methoxy groups -OCH3 is 1. The predicted octanol–water partition coefficient (Wildman–Crippen LogP) is 1.85. The molecule has 0 radical (unpaired) electrons. The van der Waals surface area contributed by atoms with Gasteiger partial charge >= 0.3 is 17.9 Å². The van der Waals surface area contributed by atoms with Crippen molar-refractivity contribution in [3.63, 3.8) is 0 Å². The standard InChI is InChI=1S/C26H29F3N6O10S/c1-11(36)42-8-18-24(44-12(2)37)22(35-6-16(32-34-35)13-4-14(27)21(29)15(28)5-13)25(43-10-20(38)40-3)26(45-18)46-19-9-41-7-17(23(19)39)31-33-30/h4-6,17-19,22-26,39H,7-10H2,1-3H3/t17-,18+,19+,22-,23+,24-,25+,26-/m0/s1. The number of aliphatic hydroxyl groups is 1. The fourth-order valence-corrected chi connectivity index (χ4v) is 6.31. The normalized spacial score (nSPS) is 27.7. The van der Waals surface area contributed by atoms with Crippen molar-refractivity contribution in [2.45, 2.75) is 61.0 Å². The van der Waals surface area contributed by atoms with Crippen molar-refractivity contribution in [2.24, 2.45) is 5.11 Å². The predicted molar refractivity (Wildman–Crippen MR) is 148 cm³/mol. The lowest BCUT2D eigenvalue weighted by atomic mass is 9.96. The summed E-state index contributed by atoms with van der Waals surface area (Å²) in [5.41, 5.74) is 7.45. The Bertz CT molecular complexity index is 1460. The molecule has 3 heterocycles. The number of ether oxygens (including phenoxy) is 6. The number of hydrogen-bond donors (Lipinski definition) is 1. The summed E-state index contributed by atoms with van der Waals surface area (Å²) >= 11 is 0.972. The first-order chi connectivity index (χ1) is 21.9. The van der Waals surface area contributed by atoms with E-state index < -0.39 is 95.8 Å². The van der Waals surface area contributed by atoms with Gasteiger partial charge in [-0.1, -0.05) is 10.3 Å². The zero-order chi connectivity index (χ0) is 33.5. The van der Waals surface area contributed by atoms with Gasteiger partial charge in [-0.3, -0.25) is 9.59 Å². The van der Waals surface area contributed by atoms with E-state index in [9.17, 15) is 32.7 Å². The van der Waals surface area contributed by atoms with Crippen molar-refractivity contribution in [1.29, 1.82) is 0 Å². The smallest absolute Gasteiger partial charge is 0.331 e. The molecule has 250 valence electrons. The average Bonchev–Trinajstić information content (AvgIpc) is 3.50. The third-order valence-corrected chi connectivity index (χ3v) is 8.35. The minimum atomic E-state index is -1.68. The topological polar surface area (TPSA) is 206 Å². The van der Waals surface area contributed by atoms with E-state index in [2.05, 4.69) is 20.3 Å². The number of nitrogens with zero attached hydrogens (tertiary/aromatic N) is 6. The number of aromatic nitrogens is 3. The van der Waals surface area contributed by atoms with Crippen LogP contribution < -0.4 is 0 Å². The molecule has 1 N–H and O–H groups in total. The monoisotopic (exact) mass is 674 g/mol. The van der Waals surface area contributed by atoms with Crippen LogP contribution in [0, 0.1) is 17.5 Å². The highest BCUT2D eigenvalue weighted by atomic mass is 32.2. The molecule has 2 aliphatic heterocycles. The summed E-state index contributed by atoms with van der Waals surface area (Å²) in [5, 5.41) is 21.7.